The van der Waals surface area contributed by atoms with Gasteiger partial charge in [0.25, 0.3) is 0 Å². The van der Waals surface area contributed by atoms with Gasteiger partial charge in [0.1, 0.15) is 0 Å². The van der Waals surface area contributed by atoms with Crippen LogP contribution in [0.1, 0.15) is 109 Å². The summed E-state index contributed by atoms with van der Waals surface area (Å²) in [7, 11) is 0. The van der Waals surface area contributed by atoms with E-state index in [-0.39, 0.29) is 0 Å². The zero-order valence-electron chi connectivity index (χ0n) is 17.9. The van der Waals surface area contributed by atoms with Gasteiger partial charge in [-0.15, -0.1) is 23.1 Å². The van der Waals surface area contributed by atoms with Crippen LogP contribution < -0.4 is 0 Å². The second-order valence-electron chi connectivity index (χ2n) is 8.36. The minimum absolute atomic E-state index is 0.818. The van der Waals surface area contributed by atoms with Gasteiger partial charge >= 0.3 is 0 Å². The fraction of sp³-hybridized carbons (Fsp3) is 0.760. The zero-order chi connectivity index (χ0) is 19.2. The molecule has 2 rings (SSSR count). The summed E-state index contributed by atoms with van der Waals surface area (Å²) < 4.78 is 0. The highest BCUT2D eigenvalue weighted by molar-refractivity contribution is 8.08. The average molecular weight is 407 g/mol. The maximum atomic E-state index is 2.63. The molecule has 0 spiro atoms. The second-order valence-corrected chi connectivity index (χ2v) is 10.4. The summed E-state index contributed by atoms with van der Waals surface area (Å²) in [5.41, 5.74) is 0. The highest BCUT2D eigenvalue weighted by atomic mass is 32.2. The quantitative estimate of drug-likeness (QED) is 0.246. The summed E-state index contributed by atoms with van der Waals surface area (Å²) in [5.74, 6) is 3.06. The van der Waals surface area contributed by atoms with Gasteiger partial charge in [0.05, 0.1) is 0 Å². The Bertz CT molecular complexity index is 472. The Morgan fingerprint density at radius 2 is 1.44 bits per heavy atom. The molecule has 0 radical (unpaired) electrons. The molecular formula is C25H42S2. The van der Waals surface area contributed by atoms with E-state index in [1.807, 2.05) is 11.3 Å². The monoisotopic (exact) mass is 406 g/mol. The SMILES string of the molecule is CCCCCCCCC(CCCCCCCC)C1C=C(c2cccs2)SC1. The Morgan fingerprint density at radius 1 is 0.852 bits per heavy atom. The average Bonchev–Trinajstić information content (AvgIpc) is 3.37. The van der Waals surface area contributed by atoms with Crippen LogP contribution in [0, 0.1) is 11.8 Å². The second kappa shape index (κ2) is 14.7. The van der Waals surface area contributed by atoms with Crippen LogP contribution in [0.15, 0.2) is 23.6 Å². The van der Waals surface area contributed by atoms with Gasteiger partial charge in [0.15, 0.2) is 0 Å². The van der Waals surface area contributed by atoms with Crippen LogP contribution in [-0.2, 0) is 0 Å². The fourth-order valence-electron chi connectivity index (χ4n) is 4.27. The fourth-order valence-corrected chi connectivity index (χ4v) is 6.45. The molecule has 1 aliphatic rings. The van der Waals surface area contributed by atoms with Crippen LogP contribution in [0.3, 0.4) is 0 Å². The lowest BCUT2D eigenvalue weighted by molar-refractivity contribution is 0.342. The summed E-state index contributed by atoms with van der Waals surface area (Å²) in [6.45, 7) is 4.62. The van der Waals surface area contributed by atoms with E-state index in [1.54, 1.807) is 4.91 Å². The van der Waals surface area contributed by atoms with Crippen LogP contribution in [0.4, 0.5) is 0 Å². The molecule has 0 saturated carbocycles. The number of thiophene rings is 1. The molecule has 2 heterocycles. The van der Waals surface area contributed by atoms with Crippen molar-refractivity contribution in [3.8, 4) is 0 Å². The van der Waals surface area contributed by atoms with Crippen LogP contribution in [0.25, 0.3) is 4.91 Å². The molecule has 0 nitrogen and oxygen atoms in total. The number of unbranched alkanes of at least 4 members (excludes halogenated alkanes) is 10. The van der Waals surface area contributed by atoms with Crippen molar-refractivity contribution in [1.29, 1.82) is 0 Å². The van der Waals surface area contributed by atoms with Gasteiger partial charge in [-0.05, 0) is 36.1 Å². The van der Waals surface area contributed by atoms with E-state index in [1.165, 1.54) is 101 Å². The lowest BCUT2D eigenvalue weighted by Crippen LogP contribution is -2.13. The highest BCUT2D eigenvalue weighted by Gasteiger charge is 2.25. The molecule has 0 fully saturated rings. The molecule has 0 N–H and O–H groups in total. The number of hydrogen-bond donors (Lipinski definition) is 0. The van der Waals surface area contributed by atoms with Gasteiger partial charge in [-0.3, -0.25) is 0 Å². The Labute approximate surface area is 177 Å². The van der Waals surface area contributed by atoms with Crippen molar-refractivity contribution in [2.45, 2.75) is 104 Å². The van der Waals surface area contributed by atoms with Crippen molar-refractivity contribution in [2.75, 3.05) is 5.75 Å². The molecule has 1 aliphatic heterocycles. The smallest absolute Gasteiger partial charge is 0.0403 e. The van der Waals surface area contributed by atoms with Crippen molar-refractivity contribution in [3.63, 3.8) is 0 Å². The summed E-state index contributed by atoms with van der Waals surface area (Å²) in [6, 6.07) is 4.49. The molecule has 0 saturated heterocycles. The standard InChI is InChI=1S/C25H42S2/c1-3-5-7-9-11-13-16-22(17-14-12-10-8-6-4-2)23-20-25(27-21-23)24-18-15-19-26-24/h15,18-20,22-23H,3-14,16-17,21H2,1-2H3. The third-order valence-electron chi connectivity index (χ3n) is 6.02. The van der Waals surface area contributed by atoms with Crippen LogP contribution in [0.2, 0.25) is 0 Å². The molecule has 1 unspecified atom stereocenters. The predicted octanol–water partition coefficient (Wildman–Crippen LogP) is 9.57. The predicted molar refractivity (Wildman–Crippen MR) is 128 cm³/mol. The van der Waals surface area contributed by atoms with E-state index in [4.69, 9.17) is 0 Å². The lowest BCUT2D eigenvalue weighted by Gasteiger charge is -2.22. The van der Waals surface area contributed by atoms with Gasteiger partial charge in [0.2, 0.25) is 0 Å². The molecule has 0 amide bonds. The van der Waals surface area contributed by atoms with E-state index in [0.717, 1.165) is 11.8 Å². The van der Waals surface area contributed by atoms with E-state index >= 15 is 0 Å². The largest absolute Gasteiger partial charge is 0.143 e. The minimum Gasteiger partial charge on any atom is -0.143 e. The Morgan fingerprint density at radius 3 is 2.00 bits per heavy atom. The highest BCUT2D eigenvalue weighted by Crippen LogP contribution is 2.43. The first-order chi connectivity index (χ1) is 13.3. The van der Waals surface area contributed by atoms with Crippen molar-refractivity contribution in [3.05, 3.63) is 28.5 Å². The molecule has 154 valence electrons. The lowest BCUT2D eigenvalue weighted by atomic mass is 9.84. The van der Waals surface area contributed by atoms with E-state index in [9.17, 15) is 0 Å². The van der Waals surface area contributed by atoms with E-state index < -0.39 is 0 Å². The van der Waals surface area contributed by atoms with Crippen molar-refractivity contribution >= 4 is 28.0 Å². The molecule has 0 aliphatic carbocycles. The van der Waals surface area contributed by atoms with Crippen molar-refractivity contribution in [2.24, 2.45) is 11.8 Å². The topological polar surface area (TPSA) is 0 Å². The van der Waals surface area contributed by atoms with Crippen LogP contribution in [-0.4, -0.2) is 5.75 Å². The van der Waals surface area contributed by atoms with Gasteiger partial charge in [-0.1, -0.05) is 103 Å². The summed E-state index contributed by atoms with van der Waals surface area (Å²) >= 11 is 4.01. The Kier molecular flexibility index (Phi) is 12.6. The molecule has 1 aromatic rings. The molecule has 0 aromatic carbocycles. The first-order valence-electron chi connectivity index (χ1n) is 11.7. The van der Waals surface area contributed by atoms with Crippen LogP contribution in [0.5, 0.6) is 0 Å². The number of thioether (sulfide) groups is 1. The maximum Gasteiger partial charge on any atom is 0.0403 e. The van der Waals surface area contributed by atoms with Crippen LogP contribution >= 0.6 is 23.1 Å². The Hall–Kier alpha value is -0.210. The maximum absolute atomic E-state index is 2.63. The number of rotatable bonds is 16. The normalized spacial score (nSPS) is 17.0. The third kappa shape index (κ3) is 9.22. The third-order valence-corrected chi connectivity index (χ3v) is 8.27. The molecule has 0 bridgehead atoms. The van der Waals surface area contributed by atoms with E-state index in [0.29, 0.717) is 0 Å². The molecule has 27 heavy (non-hydrogen) atoms. The summed E-state index contributed by atoms with van der Waals surface area (Å²) in [4.78, 5) is 3.05. The van der Waals surface area contributed by atoms with E-state index in [2.05, 4.69) is 49.2 Å². The molecule has 1 aromatic heterocycles. The molecule has 2 heteroatoms. The first kappa shape index (κ1) is 23.1. The van der Waals surface area contributed by atoms with Gasteiger partial charge in [-0.2, -0.15) is 0 Å². The molecule has 1 atom stereocenters. The summed E-state index contributed by atoms with van der Waals surface area (Å²) in [5, 5.41) is 2.22. The Balaban J connectivity index is 1.77. The number of hydrogen-bond acceptors (Lipinski definition) is 2. The first-order valence-corrected chi connectivity index (χ1v) is 13.6. The van der Waals surface area contributed by atoms with Crippen molar-refractivity contribution in [1.82, 2.24) is 0 Å². The van der Waals surface area contributed by atoms with Gasteiger partial charge in [0, 0.05) is 15.5 Å². The van der Waals surface area contributed by atoms with Gasteiger partial charge < -0.3 is 0 Å². The minimum atomic E-state index is 0.818. The van der Waals surface area contributed by atoms with Gasteiger partial charge in [-0.25, -0.2) is 0 Å². The zero-order valence-corrected chi connectivity index (χ0v) is 19.5. The van der Waals surface area contributed by atoms with Crippen molar-refractivity contribution < 1.29 is 0 Å². The summed E-state index contributed by atoms with van der Waals surface area (Å²) in [6.07, 6.45) is 22.7. The number of allylic oxidation sites excluding steroid dienone is 1. The molecular weight excluding hydrogens is 364 g/mol.